The molecule has 0 radical (unpaired) electrons. The molecule has 110 valence electrons. The number of hydrogen-bond donors (Lipinski definition) is 2. The Hall–Kier alpha value is -0.770. The van der Waals surface area contributed by atoms with E-state index >= 15 is 0 Å². The highest BCUT2D eigenvalue weighted by Gasteiger charge is 2.34. The summed E-state index contributed by atoms with van der Waals surface area (Å²) in [6.45, 7) is 6.54. The van der Waals surface area contributed by atoms with Crippen molar-refractivity contribution in [3.05, 3.63) is 0 Å². The van der Waals surface area contributed by atoms with Gasteiger partial charge in [0, 0.05) is 11.5 Å². The maximum absolute atomic E-state index is 8.79. The highest BCUT2D eigenvalue weighted by molar-refractivity contribution is 5.85. The van der Waals surface area contributed by atoms with E-state index in [0.29, 0.717) is 5.84 Å². The molecule has 0 bridgehead atoms. The molecule has 19 heavy (non-hydrogen) atoms. The Morgan fingerprint density at radius 1 is 1.32 bits per heavy atom. The van der Waals surface area contributed by atoms with Gasteiger partial charge in [0.1, 0.15) is 5.84 Å². The Bertz CT molecular complexity index is 327. The van der Waals surface area contributed by atoms with E-state index in [4.69, 9.17) is 10.9 Å². The molecular formula is C15H29N3O. The maximum Gasteiger partial charge on any atom is 0.144 e. The van der Waals surface area contributed by atoms with Crippen molar-refractivity contribution in [1.82, 2.24) is 4.90 Å². The quantitative estimate of drug-likeness (QED) is 0.348. The first-order valence-electron chi connectivity index (χ1n) is 7.76. The van der Waals surface area contributed by atoms with E-state index < -0.39 is 0 Å². The summed E-state index contributed by atoms with van der Waals surface area (Å²) in [6.07, 6.45) is 9.18. The summed E-state index contributed by atoms with van der Waals surface area (Å²) >= 11 is 0. The second kappa shape index (κ2) is 6.12. The minimum atomic E-state index is -0.195. The van der Waals surface area contributed by atoms with Gasteiger partial charge in [-0.3, -0.25) is 0 Å². The Labute approximate surface area is 117 Å². The first-order chi connectivity index (χ1) is 9.04. The van der Waals surface area contributed by atoms with Gasteiger partial charge < -0.3 is 15.8 Å². The Morgan fingerprint density at radius 2 is 2.05 bits per heavy atom. The predicted octanol–water partition coefficient (Wildman–Crippen LogP) is 2.80. The van der Waals surface area contributed by atoms with E-state index in [1.165, 1.54) is 45.2 Å². The molecule has 4 heteroatoms. The summed E-state index contributed by atoms with van der Waals surface area (Å²) in [5, 5.41) is 12.0. The van der Waals surface area contributed by atoms with Crippen molar-refractivity contribution in [3.8, 4) is 0 Å². The topological polar surface area (TPSA) is 61.8 Å². The van der Waals surface area contributed by atoms with Crippen LogP contribution in [0.25, 0.3) is 0 Å². The van der Waals surface area contributed by atoms with E-state index in [-0.39, 0.29) is 5.41 Å². The van der Waals surface area contributed by atoms with Crippen LogP contribution in [0.1, 0.15) is 58.8 Å². The first kappa shape index (κ1) is 14.6. The van der Waals surface area contributed by atoms with Crippen molar-refractivity contribution in [2.75, 3.05) is 13.1 Å². The van der Waals surface area contributed by atoms with Crippen molar-refractivity contribution in [2.24, 2.45) is 22.2 Å². The molecule has 2 atom stereocenters. The molecule has 0 amide bonds. The first-order valence-corrected chi connectivity index (χ1v) is 7.76. The molecule has 1 saturated heterocycles. The lowest BCUT2D eigenvalue weighted by molar-refractivity contribution is 0.109. The third-order valence-electron chi connectivity index (χ3n) is 5.16. The molecule has 1 aliphatic heterocycles. The maximum atomic E-state index is 8.79. The Morgan fingerprint density at radius 3 is 2.79 bits per heavy atom. The minimum absolute atomic E-state index is 0.195. The number of nitrogens with two attached hydrogens (primary N) is 1. The average molecular weight is 267 g/mol. The van der Waals surface area contributed by atoms with Gasteiger partial charge in [0.05, 0.1) is 0 Å². The van der Waals surface area contributed by atoms with Crippen LogP contribution in [0, 0.1) is 11.3 Å². The van der Waals surface area contributed by atoms with Crippen LogP contribution in [-0.2, 0) is 0 Å². The zero-order valence-electron chi connectivity index (χ0n) is 12.4. The fourth-order valence-corrected chi connectivity index (χ4v) is 3.82. The molecular weight excluding hydrogens is 238 g/mol. The lowest BCUT2D eigenvalue weighted by Gasteiger charge is -2.38. The van der Waals surface area contributed by atoms with E-state index in [0.717, 1.165) is 24.8 Å². The van der Waals surface area contributed by atoms with Crippen LogP contribution in [0.4, 0.5) is 0 Å². The van der Waals surface area contributed by atoms with Gasteiger partial charge in [-0.05, 0) is 57.5 Å². The highest BCUT2D eigenvalue weighted by atomic mass is 16.4. The summed E-state index contributed by atoms with van der Waals surface area (Å²) in [5.41, 5.74) is 5.55. The van der Waals surface area contributed by atoms with Crippen molar-refractivity contribution < 1.29 is 5.21 Å². The third-order valence-corrected chi connectivity index (χ3v) is 5.16. The third kappa shape index (κ3) is 3.41. The summed E-state index contributed by atoms with van der Waals surface area (Å²) in [4.78, 5) is 2.70. The van der Waals surface area contributed by atoms with Crippen LogP contribution in [-0.4, -0.2) is 35.1 Å². The van der Waals surface area contributed by atoms with Crippen molar-refractivity contribution in [1.29, 1.82) is 0 Å². The monoisotopic (exact) mass is 267 g/mol. The zero-order valence-corrected chi connectivity index (χ0v) is 12.4. The van der Waals surface area contributed by atoms with Crippen LogP contribution in [0.15, 0.2) is 5.16 Å². The van der Waals surface area contributed by atoms with E-state index in [2.05, 4.69) is 23.9 Å². The van der Waals surface area contributed by atoms with Gasteiger partial charge in [0.25, 0.3) is 0 Å². The average Bonchev–Trinajstić information content (AvgIpc) is 2.86. The number of amidine groups is 1. The molecule has 2 rings (SSSR count). The number of fused-ring (bicyclic) bond motifs is 1. The van der Waals surface area contributed by atoms with Gasteiger partial charge >= 0.3 is 0 Å². The van der Waals surface area contributed by atoms with E-state index in [1.807, 2.05) is 0 Å². The normalized spacial score (nSPS) is 29.5. The highest BCUT2D eigenvalue weighted by Crippen LogP contribution is 2.37. The number of rotatable bonds is 5. The Balaban J connectivity index is 1.79. The Kier molecular flexibility index (Phi) is 4.71. The van der Waals surface area contributed by atoms with Crippen LogP contribution in [0.5, 0.6) is 0 Å². The number of piperidine rings is 1. The molecule has 2 fully saturated rings. The van der Waals surface area contributed by atoms with Crippen molar-refractivity contribution in [3.63, 3.8) is 0 Å². The molecule has 2 unspecified atom stereocenters. The van der Waals surface area contributed by atoms with Gasteiger partial charge in [0.15, 0.2) is 0 Å². The molecule has 0 aromatic rings. The fourth-order valence-electron chi connectivity index (χ4n) is 3.82. The van der Waals surface area contributed by atoms with Crippen LogP contribution in [0.2, 0.25) is 0 Å². The van der Waals surface area contributed by atoms with Gasteiger partial charge in [-0.1, -0.05) is 25.4 Å². The molecule has 0 spiro atoms. The van der Waals surface area contributed by atoms with Gasteiger partial charge in [-0.25, -0.2) is 0 Å². The van der Waals surface area contributed by atoms with Gasteiger partial charge in [-0.2, -0.15) is 0 Å². The predicted molar refractivity (Wildman–Crippen MR) is 78.4 cm³/mol. The molecule has 2 aliphatic rings. The fraction of sp³-hybridized carbons (Fsp3) is 0.933. The number of likely N-dealkylation sites (tertiary alicyclic amines) is 1. The van der Waals surface area contributed by atoms with Gasteiger partial charge in [-0.15, -0.1) is 0 Å². The number of hydrogen-bond acceptors (Lipinski definition) is 3. The number of nitrogens with zero attached hydrogens (tertiary/aromatic N) is 2. The molecule has 1 aliphatic carbocycles. The van der Waals surface area contributed by atoms with E-state index in [9.17, 15) is 0 Å². The lowest BCUT2D eigenvalue weighted by atomic mass is 9.86. The van der Waals surface area contributed by atoms with Crippen molar-refractivity contribution >= 4 is 5.84 Å². The molecule has 1 saturated carbocycles. The standard InChI is InChI=1S/C15H29N3O/c1-15(2,14(16)17-19)9-5-11-18-10-4-7-12-6-3-8-13(12)18/h12-13,19H,3-11H2,1-2H3,(H2,16,17). The summed E-state index contributed by atoms with van der Waals surface area (Å²) < 4.78 is 0. The smallest absolute Gasteiger partial charge is 0.144 e. The van der Waals surface area contributed by atoms with Crippen LogP contribution < -0.4 is 5.73 Å². The van der Waals surface area contributed by atoms with Crippen LogP contribution in [0.3, 0.4) is 0 Å². The largest absolute Gasteiger partial charge is 0.409 e. The SMILES string of the molecule is CC(C)(CCCN1CCCC2CCCC21)C(N)=NO. The molecule has 1 heterocycles. The summed E-state index contributed by atoms with van der Waals surface area (Å²) in [5.74, 6) is 1.32. The second-order valence-electron chi connectivity index (χ2n) is 6.91. The molecule has 3 N–H and O–H groups in total. The summed E-state index contributed by atoms with van der Waals surface area (Å²) in [7, 11) is 0. The lowest BCUT2D eigenvalue weighted by Crippen LogP contribution is -2.43. The summed E-state index contributed by atoms with van der Waals surface area (Å²) in [6, 6.07) is 0.848. The molecule has 0 aromatic heterocycles. The molecule has 0 aromatic carbocycles. The molecule has 4 nitrogen and oxygen atoms in total. The van der Waals surface area contributed by atoms with Crippen molar-refractivity contribution in [2.45, 2.75) is 64.8 Å². The van der Waals surface area contributed by atoms with Gasteiger partial charge in [0.2, 0.25) is 0 Å². The van der Waals surface area contributed by atoms with E-state index in [1.54, 1.807) is 0 Å². The number of oxime groups is 1. The minimum Gasteiger partial charge on any atom is -0.409 e. The second-order valence-corrected chi connectivity index (χ2v) is 6.91. The zero-order chi connectivity index (χ0) is 13.9. The van der Waals surface area contributed by atoms with Crippen LogP contribution >= 0.6 is 0 Å².